The molecule has 2 heterocycles. The molecule has 4 aromatic rings. The molecule has 0 saturated heterocycles. The van der Waals surface area contributed by atoms with Gasteiger partial charge in [-0.1, -0.05) is 27.3 Å². The molecule has 1 amide bonds. The van der Waals surface area contributed by atoms with Crippen LogP contribution >= 0.6 is 27.3 Å². The van der Waals surface area contributed by atoms with Crippen LogP contribution in [0.2, 0.25) is 0 Å². The zero-order valence-corrected chi connectivity index (χ0v) is 18.6. The SMILES string of the molecule is CN(C)CCCN(C(=O)c1ccc2nccnc2c1)c1nc2ccc(Br)cc2s1. The van der Waals surface area contributed by atoms with Crippen LogP contribution in [0.4, 0.5) is 5.13 Å². The van der Waals surface area contributed by atoms with Crippen molar-refractivity contribution in [2.24, 2.45) is 0 Å². The standard InChI is InChI=1S/C21H20BrN5OS/c1-26(2)10-3-11-27(21-25-17-7-5-15(22)13-19(17)29-21)20(28)14-4-6-16-18(12-14)24-9-8-23-16/h4-9,12-13H,3,10-11H2,1-2H3. The fourth-order valence-electron chi connectivity index (χ4n) is 3.08. The van der Waals surface area contributed by atoms with Gasteiger partial charge in [0, 0.05) is 29.0 Å². The number of anilines is 1. The number of aromatic nitrogens is 3. The molecular formula is C21H20BrN5OS. The largest absolute Gasteiger partial charge is 0.309 e. The number of benzene rings is 2. The van der Waals surface area contributed by atoms with Crippen molar-refractivity contribution >= 4 is 59.6 Å². The quantitative estimate of drug-likeness (QED) is 0.412. The lowest BCUT2D eigenvalue weighted by atomic mass is 10.1. The minimum Gasteiger partial charge on any atom is -0.309 e. The van der Waals surface area contributed by atoms with Crippen molar-refractivity contribution in [1.29, 1.82) is 0 Å². The molecular weight excluding hydrogens is 450 g/mol. The summed E-state index contributed by atoms with van der Waals surface area (Å²) in [7, 11) is 4.06. The molecule has 0 unspecified atom stereocenters. The first-order valence-electron chi connectivity index (χ1n) is 9.25. The molecule has 6 nitrogen and oxygen atoms in total. The Morgan fingerprint density at radius 3 is 2.55 bits per heavy atom. The minimum atomic E-state index is -0.0746. The Bertz CT molecular complexity index is 1180. The lowest BCUT2D eigenvalue weighted by Gasteiger charge is -2.21. The third kappa shape index (κ3) is 4.44. The maximum atomic E-state index is 13.4. The summed E-state index contributed by atoms with van der Waals surface area (Å²) in [6.45, 7) is 1.49. The minimum absolute atomic E-state index is 0.0746. The maximum absolute atomic E-state index is 13.4. The van der Waals surface area contributed by atoms with E-state index in [-0.39, 0.29) is 5.91 Å². The van der Waals surface area contributed by atoms with E-state index in [0.717, 1.165) is 33.2 Å². The highest BCUT2D eigenvalue weighted by Gasteiger charge is 2.21. The van der Waals surface area contributed by atoms with Crippen molar-refractivity contribution < 1.29 is 4.79 Å². The van der Waals surface area contributed by atoms with Crippen molar-refractivity contribution in [2.75, 3.05) is 32.1 Å². The van der Waals surface area contributed by atoms with Gasteiger partial charge in [-0.05, 0) is 63.5 Å². The summed E-state index contributed by atoms with van der Waals surface area (Å²) in [6.07, 6.45) is 4.14. The molecule has 2 aromatic carbocycles. The van der Waals surface area contributed by atoms with Crippen LogP contribution in [0.1, 0.15) is 16.8 Å². The summed E-state index contributed by atoms with van der Waals surface area (Å²) in [5.41, 5.74) is 2.96. The van der Waals surface area contributed by atoms with Gasteiger partial charge >= 0.3 is 0 Å². The number of hydrogen-bond donors (Lipinski definition) is 0. The number of carbonyl (C=O) groups excluding carboxylic acids is 1. The highest BCUT2D eigenvalue weighted by atomic mass is 79.9. The molecule has 0 spiro atoms. The van der Waals surface area contributed by atoms with Crippen molar-refractivity contribution in [2.45, 2.75) is 6.42 Å². The number of nitrogens with zero attached hydrogens (tertiary/aromatic N) is 5. The molecule has 0 aliphatic carbocycles. The summed E-state index contributed by atoms with van der Waals surface area (Å²) in [5, 5.41) is 0.709. The van der Waals surface area contributed by atoms with E-state index < -0.39 is 0 Å². The van der Waals surface area contributed by atoms with Crippen LogP contribution in [0.25, 0.3) is 21.3 Å². The topological polar surface area (TPSA) is 62.2 Å². The molecule has 0 N–H and O–H groups in total. The van der Waals surface area contributed by atoms with E-state index in [4.69, 9.17) is 4.98 Å². The predicted molar refractivity (Wildman–Crippen MR) is 122 cm³/mol. The second kappa shape index (κ2) is 8.52. The average molecular weight is 470 g/mol. The Kier molecular flexibility index (Phi) is 5.84. The first kappa shape index (κ1) is 19.9. The monoisotopic (exact) mass is 469 g/mol. The van der Waals surface area contributed by atoms with Gasteiger partial charge in [0.1, 0.15) is 0 Å². The lowest BCUT2D eigenvalue weighted by Crippen LogP contribution is -2.33. The van der Waals surface area contributed by atoms with Crippen LogP contribution in [0.5, 0.6) is 0 Å². The van der Waals surface area contributed by atoms with Gasteiger partial charge in [-0.2, -0.15) is 0 Å². The van der Waals surface area contributed by atoms with Gasteiger partial charge in [-0.25, -0.2) is 4.98 Å². The number of amides is 1. The number of thiazole rings is 1. The van der Waals surface area contributed by atoms with Crippen molar-refractivity contribution in [1.82, 2.24) is 19.9 Å². The van der Waals surface area contributed by atoms with Crippen molar-refractivity contribution in [3.05, 3.63) is 58.8 Å². The highest BCUT2D eigenvalue weighted by Crippen LogP contribution is 2.32. The van der Waals surface area contributed by atoms with Crippen molar-refractivity contribution in [3.8, 4) is 0 Å². The normalized spacial score (nSPS) is 11.4. The van der Waals surface area contributed by atoms with E-state index in [1.807, 2.05) is 44.4 Å². The van der Waals surface area contributed by atoms with Gasteiger partial charge in [0.2, 0.25) is 0 Å². The zero-order chi connectivity index (χ0) is 20.4. The molecule has 0 aliphatic rings. The number of fused-ring (bicyclic) bond motifs is 2. The smallest absolute Gasteiger partial charge is 0.260 e. The molecule has 0 bridgehead atoms. The van der Waals surface area contributed by atoms with E-state index in [9.17, 15) is 4.79 Å². The first-order valence-corrected chi connectivity index (χ1v) is 10.9. The third-order valence-electron chi connectivity index (χ3n) is 4.52. The Labute approximate surface area is 181 Å². The van der Waals surface area contributed by atoms with Crippen LogP contribution in [0, 0.1) is 0 Å². The summed E-state index contributed by atoms with van der Waals surface area (Å²) >= 11 is 5.03. The van der Waals surface area contributed by atoms with E-state index in [2.05, 4.69) is 30.8 Å². The molecule has 4 rings (SSSR count). The average Bonchev–Trinajstić information content (AvgIpc) is 3.13. The molecule has 0 atom stereocenters. The fraction of sp³-hybridized carbons (Fsp3) is 0.238. The molecule has 29 heavy (non-hydrogen) atoms. The van der Waals surface area contributed by atoms with Gasteiger partial charge in [-0.3, -0.25) is 19.7 Å². The van der Waals surface area contributed by atoms with Crippen LogP contribution in [-0.4, -0.2) is 52.9 Å². The number of hydrogen-bond acceptors (Lipinski definition) is 6. The number of halogens is 1. The first-order chi connectivity index (χ1) is 14.0. The fourth-order valence-corrected chi connectivity index (χ4v) is 4.62. The summed E-state index contributed by atoms with van der Waals surface area (Å²) in [5.74, 6) is -0.0746. The Hall–Kier alpha value is -2.42. The van der Waals surface area contributed by atoms with E-state index in [1.54, 1.807) is 23.4 Å². The Morgan fingerprint density at radius 2 is 1.76 bits per heavy atom. The predicted octanol–water partition coefficient (Wildman–Crippen LogP) is 4.60. The molecule has 0 saturated carbocycles. The van der Waals surface area contributed by atoms with Crippen molar-refractivity contribution in [3.63, 3.8) is 0 Å². The lowest BCUT2D eigenvalue weighted by molar-refractivity contribution is 0.0986. The van der Waals surface area contributed by atoms with Crippen LogP contribution in [0.15, 0.2) is 53.3 Å². The van der Waals surface area contributed by atoms with Crippen LogP contribution < -0.4 is 4.90 Å². The van der Waals surface area contributed by atoms with Gasteiger partial charge in [-0.15, -0.1) is 0 Å². The Morgan fingerprint density at radius 1 is 1.00 bits per heavy atom. The second-order valence-corrected chi connectivity index (χ2v) is 8.91. The maximum Gasteiger partial charge on any atom is 0.260 e. The van der Waals surface area contributed by atoms with E-state index in [1.165, 1.54) is 11.3 Å². The van der Waals surface area contributed by atoms with Gasteiger partial charge in [0.05, 0.1) is 21.3 Å². The molecule has 0 fully saturated rings. The molecule has 0 radical (unpaired) electrons. The summed E-state index contributed by atoms with van der Waals surface area (Å²) in [6, 6.07) is 11.4. The third-order valence-corrected chi connectivity index (χ3v) is 6.05. The van der Waals surface area contributed by atoms with Crippen LogP contribution in [-0.2, 0) is 0 Å². The number of carbonyl (C=O) groups is 1. The number of rotatable bonds is 6. The molecule has 0 aliphatic heterocycles. The second-order valence-electron chi connectivity index (χ2n) is 6.98. The van der Waals surface area contributed by atoms with E-state index >= 15 is 0 Å². The zero-order valence-electron chi connectivity index (χ0n) is 16.2. The highest BCUT2D eigenvalue weighted by molar-refractivity contribution is 9.10. The summed E-state index contributed by atoms with van der Waals surface area (Å²) < 4.78 is 2.04. The van der Waals surface area contributed by atoms with Gasteiger partial charge < -0.3 is 4.90 Å². The molecule has 8 heteroatoms. The Balaban J connectivity index is 1.70. The molecule has 2 aromatic heterocycles. The van der Waals surface area contributed by atoms with Gasteiger partial charge in [0.15, 0.2) is 5.13 Å². The molecule has 148 valence electrons. The van der Waals surface area contributed by atoms with Crippen LogP contribution in [0.3, 0.4) is 0 Å². The van der Waals surface area contributed by atoms with E-state index in [0.29, 0.717) is 22.8 Å². The van der Waals surface area contributed by atoms with Gasteiger partial charge in [0.25, 0.3) is 5.91 Å². The summed E-state index contributed by atoms with van der Waals surface area (Å²) in [4.78, 5) is 30.7.